The van der Waals surface area contributed by atoms with Crippen molar-refractivity contribution in [3.8, 4) is 0 Å². The van der Waals surface area contributed by atoms with Gasteiger partial charge in [0, 0.05) is 6.54 Å². The summed E-state index contributed by atoms with van der Waals surface area (Å²) in [5.74, 6) is 0.947. The molecule has 0 aromatic heterocycles. The van der Waals surface area contributed by atoms with Crippen molar-refractivity contribution in [2.24, 2.45) is 5.92 Å². The van der Waals surface area contributed by atoms with E-state index in [0.29, 0.717) is 6.54 Å². The summed E-state index contributed by atoms with van der Waals surface area (Å²) in [6.45, 7) is 6.98. The highest BCUT2D eigenvalue weighted by Gasteiger charge is 2.16. The summed E-state index contributed by atoms with van der Waals surface area (Å²) in [6.07, 6.45) is 8.43. The van der Waals surface area contributed by atoms with Crippen LogP contribution < -0.4 is 10.6 Å². The molecule has 0 saturated heterocycles. The van der Waals surface area contributed by atoms with Gasteiger partial charge in [0.15, 0.2) is 0 Å². The van der Waals surface area contributed by atoms with Crippen LogP contribution in [0.25, 0.3) is 0 Å². The minimum Gasteiger partial charge on any atom is -0.351 e. The van der Waals surface area contributed by atoms with Crippen molar-refractivity contribution in [3.63, 3.8) is 0 Å². The quantitative estimate of drug-likeness (QED) is 0.648. The maximum absolute atomic E-state index is 11.5. The van der Waals surface area contributed by atoms with Gasteiger partial charge in [0.1, 0.15) is 0 Å². The fourth-order valence-corrected chi connectivity index (χ4v) is 2.22. The second-order valence-corrected chi connectivity index (χ2v) is 4.65. The molecule has 0 heterocycles. The predicted molar refractivity (Wildman–Crippen MR) is 67.2 cm³/mol. The second-order valence-electron chi connectivity index (χ2n) is 4.65. The number of hydrogen-bond donors (Lipinski definition) is 2. The van der Waals surface area contributed by atoms with Gasteiger partial charge in [0.25, 0.3) is 0 Å². The maximum atomic E-state index is 11.5. The van der Waals surface area contributed by atoms with Crippen molar-refractivity contribution in [2.45, 2.75) is 45.1 Å². The van der Waals surface area contributed by atoms with Crippen molar-refractivity contribution in [1.29, 1.82) is 0 Å². The number of nitrogens with one attached hydrogen (secondary N) is 2. The number of hydrogen-bond acceptors (Lipinski definition) is 2. The average Bonchev–Trinajstić information content (AvgIpc) is 2.78. The maximum Gasteiger partial charge on any atom is 0.237 e. The molecule has 3 nitrogen and oxygen atoms in total. The molecule has 1 amide bonds. The van der Waals surface area contributed by atoms with Gasteiger partial charge in [-0.15, -0.1) is 6.58 Å². The highest BCUT2D eigenvalue weighted by Crippen LogP contribution is 2.26. The van der Waals surface area contributed by atoms with E-state index in [1.54, 1.807) is 6.08 Å². The summed E-state index contributed by atoms with van der Waals surface area (Å²) in [6, 6.07) is -0.0960. The molecule has 1 fully saturated rings. The topological polar surface area (TPSA) is 41.1 Å². The molecule has 0 spiro atoms. The fraction of sp³-hybridized carbons (Fsp3) is 0.769. The standard InChI is InChI=1S/C13H24N2O/c1-3-9-15-13(16)11(2)14-10-8-12-6-4-5-7-12/h3,11-12,14H,1,4-10H2,2H3,(H,15,16). The smallest absolute Gasteiger partial charge is 0.237 e. The van der Waals surface area contributed by atoms with Gasteiger partial charge in [-0.1, -0.05) is 31.8 Å². The zero-order chi connectivity index (χ0) is 11.8. The van der Waals surface area contributed by atoms with Gasteiger partial charge in [-0.25, -0.2) is 0 Å². The number of rotatable bonds is 7. The Morgan fingerprint density at radius 3 is 2.81 bits per heavy atom. The molecule has 3 heteroatoms. The lowest BCUT2D eigenvalue weighted by Gasteiger charge is -2.15. The Kier molecular flexibility index (Phi) is 6.16. The first kappa shape index (κ1) is 13.2. The Hall–Kier alpha value is -0.830. The van der Waals surface area contributed by atoms with Gasteiger partial charge >= 0.3 is 0 Å². The number of carbonyl (C=O) groups excluding carboxylic acids is 1. The molecule has 1 rings (SSSR count). The van der Waals surface area contributed by atoms with E-state index >= 15 is 0 Å². The average molecular weight is 224 g/mol. The fourth-order valence-electron chi connectivity index (χ4n) is 2.22. The van der Waals surface area contributed by atoms with E-state index in [0.717, 1.165) is 12.5 Å². The van der Waals surface area contributed by atoms with E-state index in [1.807, 2.05) is 6.92 Å². The van der Waals surface area contributed by atoms with E-state index in [9.17, 15) is 4.79 Å². The summed E-state index contributed by atoms with van der Waals surface area (Å²) < 4.78 is 0. The molecule has 1 aliphatic rings. The molecule has 1 atom stereocenters. The summed E-state index contributed by atoms with van der Waals surface area (Å²) in [5, 5.41) is 6.06. The third kappa shape index (κ3) is 4.79. The Balaban J connectivity index is 2.06. The molecular weight excluding hydrogens is 200 g/mol. The second kappa shape index (κ2) is 7.44. The minimum atomic E-state index is -0.0960. The van der Waals surface area contributed by atoms with E-state index in [4.69, 9.17) is 0 Å². The third-order valence-electron chi connectivity index (χ3n) is 3.29. The Bertz CT molecular complexity index is 222. The molecule has 92 valence electrons. The first-order valence-electron chi connectivity index (χ1n) is 6.36. The van der Waals surface area contributed by atoms with Crippen LogP contribution in [0, 0.1) is 5.92 Å². The van der Waals surface area contributed by atoms with Crippen LogP contribution in [0.1, 0.15) is 39.0 Å². The lowest BCUT2D eigenvalue weighted by Crippen LogP contribution is -2.42. The van der Waals surface area contributed by atoms with Crippen molar-refractivity contribution in [2.75, 3.05) is 13.1 Å². The number of carbonyl (C=O) groups is 1. The van der Waals surface area contributed by atoms with E-state index in [2.05, 4.69) is 17.2 Å². The summed E-state index contributed by atoms with van der Waals surface area (Å²) in [5.41, 5.74) is 0. The summed E-state index contributed by atoms with van der Waals surface area (Å²) >= 11 is 0. The van der Waals surface area contributed by atoms with Crippen LogP contribution in [-0.4, -0.2) is 25.0 Å². The van der Waals surface area contributed by atoms with Gasteiger partial charge in [0.2, 0.25) is 5.91 Å². The number of amides is 1. The van der Waals surface area contributed by atoms with E-state index in [-0.39, 0.29) is 11.9 Å². The van der Waals surface area contributed by atoms with E-state index in [1.165, 1.54) is 32.1 Å². The monoisotopic (exact) mass is 224 g/mol. The molecule has 0 radical (unpaired) electrons. The van der Waals surface area contributed by atoms with Gasteiger partial charge in [-0.3, -0.25) is 4.79 Å². The van der Waals surface area contributed by atoms with Crippen LogP contribution in [0.4, 0.5) is 0 Å². The summed E-state index contributed by atoms with van der Waals surface area (Å²) in [4.78, 5) is 11.5. The Morgan fingerprint density at radius 1 is 1.50 bits per heavy atom. The molecular formula is C13H24N2O. The van der Waals surface area contributed by atoms with Crippen LogP contribution in [-0.2, 0) is 4.79 Å². The third-order valence-corrected chi connectivity index (χ3v) is 3.29. The molecule has 0 aromatic rings. The summed E-state index contributed by atoms with van der Waals surface area (Å²) in [7, 11) is 0. The molecule has 2 N–H and O–H groups in total. The predicted octanol–water partition coefficient (Wildman–Crippen LogP) is 1.85. The molecule has 0 aliphatic heterocycles. The van der Waals surface area contributed by atoms with Crippen LogP contribution in [0.15, 0.2) is 12.7 Å². The van der Waals surface area contributed by atoms with Crippen molar-refractivity contribution in [1.82, 2.24) is 10.6 Å². The van der Waals surface area contributed by atoms with Crippen LogP contribution in [0.5, 0.6) is 0 Å². The zero-order valence-electron chi connectivity index (χ0n) is 10.3. The largest absolute Gasteiger partial charge is 0.351 e. The van der Waals surface area contributed by atoms with Gasteiger partial charge in [-0.2, -0.15) is 0 Å². The first-order chi connectivity index (χ1) is 7.74. The molecule has 16 heavy (non-hydrogen) atoms. The Morgan fingerprint density at radius 2 is 2.19 bits per heavy atom. The zero-order valence-corrected chi connectivity index (χ0v) is 10.3. The van der Waals surface area contributed by atoms with Gasteiger partial charge in [0.05, 0.1) is 6.04 Å². The van der Waals surface area contributed by atoms with Crippen molar-refractivity contribution < 1.29 is 4.79 Å². The molecule has 1 saturated carbocycles. The SMILES string of the molecule is C=CCNC(=O)C(C)NCCC1CCCC1. The highest BCUT2D eigenvalue weighted by atomic mass is 16.2. The minimum absolute atomic E-state index is 0.0614. The Labute approximate surface area is 98.7 Å². The van der Waals surface area contributed by atoms with Crippen molar-refractivity contribution >= 4 is 5.91 Å². The van der Waals surface area contributed by atoms with Crippen LogP contribution in [0.3, 0.4) is 0 Å². The highest BCUT2D eigenvalue weighted by molar-refractivity contribution is 5.81. The van der Waals surface area contributed by atoms with Gasteiger partial charge < -0.3 is 10.6 Å². The molecule has 1 unspecified atom stereocenters. The van der Waals surface area contributed by atoms with Crippen LogP contribution >= 0.6 is 0 Å². The van der Waals surface area contributed by atoms with Gasteiger partial charge in [-0.05, 0) is 25.8 Å². The van der Waals surface area contributed by atoms with Crippen LogP contribution in [0.2, 0.25) is 0 Å². The molecule has 1 aliphatic carbocycles. The van der Waals surface area contributed by atoms with Crippen molar-refractivity contribution in [3.05, 3.63) is 12.7 Å². The normalized spacial score (nSPS) is 18.3. The lowest BCUT2D eigenvalue weighted by atomic mass is 10.0. The lowest BCUT2D eigenvalue weighted by molar-refractivity contribution is -0.122. The molecule has 0 aromatic carbocycles. The van der Waals surface area contributed by atoms with E-state index < -0.39 is 0 Å². The molecule has 0 bridgehead atoms. The first-order valence-corrected chi connectivity index (χ1v) is 6.36.